The second-order valence-electron chi connectivity index (χ2n) is 14.1. The molecule has 5 fully saturated rings. The van der Waals surface area contributed by atoms with E-state index in [9.17, 15) is 10.1 Å². The zero-order valence-corrected chi connectivity index (χ0v) is 25.8. The number of hydrogen-bond acceptors (Lipinski definition) is 6. The summed E-state index contributed by atoms with van der Waals surface area (Å²) in [6.45, 7) is 7.93. The van der Waals surface area contributed by atoms with Gasteiger partial charge in [0.05, 0.1) is 23.7 Å². The fraction of sp³-hybridized carbons (Fsp3) is 0.528. The maximum Gasteiger partial charge on any atom is 0.246 e. The quantitative estimate of drug-likeness (QED) is 0.433. The second kappa shape index (κ2) is 9.83. The lowest BCUT2D eigenvalue weighted by atomic mass is 9.79. The minimum absolute atomic E-state index is 0.0165. The second-order valence-corrected chi connectivity index (χ2v) is 14.5. The van der Waals surface area contributed by atoms with Crippen molar-refractivity contribution in [2.24, 2.45) is 16.8 Å². The van der Waals surface area contributed by atoms with Crippen LogP contribution in [-0.2, 0) is 16.0 Å². The number of rotatable bonds is 5. The minimum Gasteiger partial charge on any atom is -0.475 e. The van der Waals surface area contributed by atoms with E-state index in [1.165, 1.54) is 48.4 Å². The van der Waals surface area contributed by atoms with Crippen molar-refractivity contribution in [3.05, 3.63) is 76.0 Å². The highest BCUT2D eigenvalue weighted by Gasteiger charge is 2.53. The number of nitriles is 1. The number of carbonyl (C=O) groups is 1. The Labute approximate surface area is 264 Å². The fourth-order valence-corrected chi connectivity index (χ4v) is 10.1. The van der Waals surface area contributed by atoms with Gasteiger partial charge in [-0.2, -0.15) is 5.26 Å². The largest absolute Gasteiger partial charge is 0.475 e. The number of dihydropyridines is 1. The van der Waals surface area contributed by atoms with Crippen LogP contribution in [0.4, 0.5) is 0 Å². The molecule has 1 saturated carbocycles. The third-order valence-corrected chi connectivity index (χ3v) is 12.4. The van der Waals surface area contributed by atoms with Crippen molar-refractivity contribution in [1.82, 2.24) is 14.7 Å². The third kappa shape index (κ3) is 3.83. The van der Waals surface area contributed by atoms with Gasteiger partial charge in [-0.15, -0.1) is 0 Å². The lowest BCUT2D eigenvalue weighted by Gasteiger charge is -2.52. The van der Waals surface area contributed by atoms with E-state index >= 15 is 0 Å². The standard InChI is InChI=1S/C36H38ClN5O2/c1-2-32(43)41-13-8-30-31(41)19-42(30)34-26-16-28(37)25(23-7-3-6-21-14-22-15-24(22)33(21)23)17-29(26)39-35(27(34)18-38)44-20-36-9-4-11-40(36)12-5-10-36/h2-3,6-7,16-17,22,24,26,29-31H,1,4-5,8-15,19-20H2/t22?,24?,26?,29?,30-,31-/m1/s1. The molecule has 1 aromatic rings. The SMILES string of the molecule is C=CC(=O)N1CC[C@@H]2[C@H]1CN2C1=C(C#N)C(OCC23CCCN2CCC3)=NC2C=C(c3cccc4c3C3CC3C4)C(Cl)=CC12. The van der Waals surface area contributed by atoms with Gasteiger partial charge < -0.3 is 14.5 Å². The molecule has 6 atom stereocenters. The van der Waals surface area contributed by atoms with Crippen molar-refractivity contribution in [3.63, 3.8) is 0 Å². The molecule has 8 heteroatoms. The maximum absolute atomic E-state index is 12.6. The van der Waals surface area contributed by atoms with Crippen LogP contribution in [0.15, 0.2) is 64.3 Å². The number of hydrogen-bond donors (Lipinski definition) is 0. The van der Waals surface area contributed by atoms with Crippen LogP contribution in [0.25, 0.3) is 5.57 Å². The molecule has 9 rings (SSSR count). The van der Waals surface area contributed by atoms with Crippen LogP contribution in [0.1, 0.15) is 61.1 Å². The van der Waals surface area contributed by atoms with E-state index in [0.29, 0.717) is 37.1 Å². The van der Waals surface area contributed by atoms with Gasteiger partial charge >= 0.3 is 0 Å². The fourth-order valence-electron chi connectivity index (χ4n) is 9.83. The Kier molecular flexibility index (Phi) is 6.03. The van der Waals surface area contributed by atoms with E-state index in [1.807, 2.05) is 4.90 Å². The lowest BCUT2D eigenvalue weighted by Crippen LogP contribution is -2.63. The number of allylic oxidation sites excluding steroid dienone is 2. The summed E-state index contributed by atoms with van der Waals surface area (Å²) in [7, 11) is 0. The molecule has 226 valence electrons. The van der Waals surface area contributed by atoms with Crippen molar-refractivity contribution in [1.29, 1.82) is 5.26 Å². The molecule has 3 aliphatic carbocycles. The highest BCUT2D eigenvalue weighted by molar-refractivity contribution is 6.37. The zero-order chi connectivity index (χ0) is 29.7. The predicted molar refractivity (Wildman–Crippen MR) is 170 cm³/mol. The number of nitrogens with zero attached hydrogens (tertiary/aromatic N) is 5. The van der Waals surface area contributed by atoms with Gasteiger partial charge in [-0.1, -0.05) is 42.5 Å². The van der Waals surface area contributed by atoms with Gasteiger partial charge in [-0.3, -0.25) is 9.69 Å². The molecule has 5 heterocycles. The summed E-state index contributed by atoms with van der Waals surface area (Å²) in [6.07, 6.45) is 13.8. The van der Waals surface area contributed by atoms with E-state index in [0.717, 1.165) is 54.6 Å². The highest BCUT2D eigenvalue weighted by Crippen LogP contribution is 2.59. The first kappa shape index (κ1) is 27.0. The first-order chi connectivity index (χ1) is 21.5. The van der Waals surface area contributed by atoms with Crippen LogP contribution >= 0.6 is 11.6 Å². The minimum atomic E-state index is -0.214. The summed E-state index contributed by atoms with van der Waals surface area (Å²) < 4.78 is 6.67. The van der Waals surface area contributed by atoms with E-state index in [-0.39, 0.29) is 35.5 Å². The van der Waals surface area contributed by atoms with Gasteiger partial charge in [0.15, 0.2) is 0 Å². The molecule has 0 spiro atoms. The molecule has 1 amide bonds. The summed E-state index contributed by atoms with van der Waals surface area (Å²) >= 11 is 7.18. The summed E-state index contributed by atoms with van der Waals surface area (Å²) in [5.74, 6) is 1.74. The van der Waals surface area contributed by atoms with Crippen molar-refractivity contribution in [2.75, 3.05) is 32.8 Å². The number of aliphatic imine (C=N–C) groups is 1. The average molecular weight is 608 g/mol. The van der Waals surface area contributed by atoms with E-state index < -0.39 is 0 Å². The van der Waals surface area contributed by atoms with Crippen molar-refractivity contribution >= 4 is 29.0 Å². The number of halogens is 1. The molecular formula is C36H38ClN5O2. The van der Waals surface area contributed by atoms with Crippen molar-refractivity contribution < 1.29 is 9.53 Å². The normalized spacial score (nSPS) is 34.0. The molecule has 44 heavy (non-hydrogen) atoms. The maximum atomic E-state index is 12.6. The predicted octanol–water partition coefficient (Wildman–Crippen LogP) is 5.16. The Bertz CT molecular complexity index is 1640. The number of carbonyl (C=O) groups excluding carboxylic acids is 1. The van der Waals surface area contributed by atoms with E-state index in [4.69, 9.17) is 21.3 Å². The van der Waals surface area contributed by atoms with Crippen molar-refractivity contribution in [3.8, 4) is 6.07 Å². The topological polar surface area (TPSA) is 72.2 Å². The van der Waals surface area contributed by atoms with Gasteiger partial charge in [0.2, 0.25) is 11.8 Å². The number of ether oxygens (including phenoxy) is 1. The Balaban J connectivity index is 1.10. The molecule has 8 aliphatic rings. The number of amides is 1. The van der Waals surface area contributed by atoms with Gasteiger partial charge in [0.25, 0.3) is 0 Å². The smallest absolute Gasteiger partial charge is 0.246 e. The summed E-state index contributed by atoms with van der Waals surface area (Å²) in [4.78, 5) is 24.6. The zero-order valence-electron chi connectivity index (χ0n) is 25.1. The first-order valence-electron chi connectivity index (χ1n) is 16.5. The molecule has 0 N–H and O–H groups in total. The van der Waals surface area contributed by atoms with Crippen LogP contribution in [0.2, 0.25) is 0 Å². The first-order valence-corrected chi connectivity index (χ1v) is 16.9. The van der Waals surface area contributed by atoms with Gasteiger partial charge in [0, 0.05) is 29.7 Å². The number of fused-ring (bicyclic) bond motifs is 6. The van der Waals surface area contributed by atoms with Crippen LogP contribution in [0, 0.1) is 23.2 Å². The van der Waals surface area contributed by atoms with Gasteiger partial charge in [0.1, 0.15) is 18.2 Å². The Morgan fingerprint density at radius 2 is 2.05 bits per heavy atom. The molecule has 7 nitrogen and oxygen atoms in total. The molecule has 4 saturated heterocycles. The summed E-state index contributed by atoms with van der Waals surface area (Å²) in [5.41, 5.74) is 6.77. The molecular weight excluding hydrogens is 570 g/mol. The monoisotopic (exact) mass is 607 g/mol. The highest BCUT2D eigenvalue weighted by atomic mass is 35.5. The third-order valence-electron chi connectivity index (χ3n) is 12.1. The van der Waals surface area contributed by atoms with E-state index in [1.54, 1.807) is 0 Å². The van der Waals surface area contributed by atoms with Crippen molar-refractivity contribution in [2.45, 2.75) is 74.5 Å². The number of benzene rings is 1. The summed E-state index contributed by atoms with van der Waals surface area (Å²) in [6, 6.07) is 9.27. The average Bonchev–Trinajstić information content (AvgIpc) is 3.32. The van der Waals surface area contributed by atoms with Gasteiger partial charge in [-0.05, 0) is 104 Å². The van der Waals surface area contributed by atoms with Gasteiger partial charge in [-0.25, -0.2) is 4.99 Å². The van der Waals surface area contributed by atoms with Crippen LogP contribution < -0.4 is 0 Å². The molecule has 0 bridgehead atoms. The Hall–Kier alpha value is -3.34. The lowest BCUT2D eigenvalue weighted by molar-refractivity contribution is -0.129. The van der Waals surface area contributed by atoms with Crippen LogP contribution in [0.3, 0.4) is 0 Å². The van der Waals surface area contributed by atoms with Crippen LogP contribution in [-0.4, -0.2) is 83.0 Å². The molecule has 1 aromatic carbocycles. The Morgan fingerprint density at radius 1 is 1.20 bits per heavy atom. The number of likely N-dealkylation sites (tertiary alicyclic amines) is 2. The Morgan fingerprint density at radius 3 is 2.84 bits per heavy atom. The van der Waals surface area contributed by atoms with E-state index in [2.05, 4.69) is 52.8 Å². The molecule has 0 radical (unpaired) electrons. The molecule has 0 aromatic heterocycles. The van der Waals surface area contributed by atoms with Crippen LogP contribution in [0.5, 0.6) is 0 Å². The molecule has 4 unspecified atom stereocenters. The summed E-state index contributed by atoms with van der Waals surface area (Å²) in [5, 5.41) is 11.4. The molecule has 5 aliphatic heterocycles.